The summed E-state index contributed by atoms with van der Waals surface area (Å²) in [5, 5.41) is 14.8. The predicted molar refractivity (Wildman–Crippen MR) is 163 cm³/mol. The molecule has 204 valence electrons. The summed E-state index contributed by atoms with van der Waals surface area (Å²) in [6, 6.07) is 28.9. The number of carbonyl (C=O) groups is 2. The van der Waals surface area contributed by atoms with E-state index in [4.69, 9.17) is 5.10 Å². The summed E-state index contributed by atoms with van der Waals surface area (Å²) in [6.07, 6.45) is 4.73. The Bertz CT molecular complexity index is 1680. The zero-order chi connectivity index (χ0) is 28.9. The van der Waals surface area contributed by atoms with Gasteiger partial charge in [0.25, 0.3) is 11.8 Å². The largest absolute Gasteiger partial charge is 0.272 e. The van der Waals surface area contributed by atoms with Crippen LogP contribution < -0.4 is 0 Å². The van der Waals surface area contributed by atoms with Crippen molar-refractivity contribution in [1.29, 1.82) is 5.26 Å². The molecule has 0 spiro atoms. The van der Waals surface area contributed by atoms with Crippen LogP contribution in [0.1, 0.15) is 44.4 Å². The van der Waals surface area contributed by atoms with Crippen LogP contribution in [0.4, 0.5) is 0 Å². The van der Waals surface area contributed by atoms with Gasteiger partial charge in [0.2, 0.25) is 0 Å². The van der Waals surface area contributed by atoms with Gasteiger partial charge < -0.3 is 0 Å². The van der Waals surface area contributed by atoms with Crippen LogP contribution in [-0.4, -0.2) is 32.2 Å². The van der Waals surface area contributed by atoms with Gasteiger partial charge in [0.15, 0.2) is 0 Å². The van der Waals surface area contributed by atoms with E-state index in [9.17, 15) is 14.9 Å². The smallest absolute Gasteiger partial charge is 0.269 e. The second kappa shape index (κ2) is 12.2. The van der Waals surface area contributed by atoms with Gasteiger partial charge >= 0.3 is 0 Å². The predicted octanol–water partition coefficient (Wildman–Crippen LogP) is 7.39. The summed E-state index contributed by atoms with van der Waals surface area (Å²) in [5.74, 6) is 0.0294. The molecule has 0 saturated heterocycles. The number of thioether (sulfide) groups is 1. The number of para-hydroxylation sites is 1. The minimum absolute atomic E-state index is 0.0343. The highest BCUT2D eigenvalue weighted by molar-refractivity contribution is 7.99. The van der Waals surface area contributed by atoms with Gasteiger partial charge in [-0.1, -0.05) is 67.6 Å². The van der Waals surface area contributed by atoms with Crippen molar-refractivity contribution in [2.45, 2.75) is 38.1 Å². The molecule has 1 atom stereocenters. The van der Waals surface area contributed by atoms with Gasteiger partial charge in [-0.25, -0.2) is 4.68 Å². The minimum Gasteiger partial charge on any atom is -0.269 e. The van der Waals surface area contributed by atoms with Gasteiger partial charge in [-0.2, -0.15) is 10.4 Å². The van der Waals surface area contributed by atoms with Crippen molar-refractivity contribution in [3.05, 3.63) is 119 Å². The van der Waals surface area contributed by atoms with Gasteiger partial charge in [-0.15, -0.1) is 11.8 Å². The van der Waals surface area contributed by atoms with Gasteiger partial charge in [0.05, 0.1) is 17.4 Å². The summed E-state index contributed by atoms with van der Waals surface area (Å²) in [6.45, 7) is 5.62. The molecule has 0 fully saturated rings. The van der Waals surface area contributed by atoms with Gasteiger partial charge in [-0.3, -0.25) is 14.5 Å². The van der Waals surface area contributed by atoms with Crippen LogP contribution >= 0.6 is 11.8 Å². The number of carbonyl (C=O) groups excluding carboxylic acids is 2. The minimum atomic E-state index is -0.580. The van der Waals surface area contributed by atoms with Gasteiger partial charge in [0, 0.05) is 27.8 Å². The molecule has 5 rings (SSSR count). The monoisotopic (exact) mass is 558 g/mol. The molecule has 7 heteroatoms. The van der Waals surface area contributed by atoms with E-state index >= 15 is 0 Å². The fraction of sp³-hybridized carbons (Fsp3) is 0.176. The Hall–Kier alpha value is -4.67. The molecule has 2 amide bonds. The SMILES string of the molecule is CCCSc1ccc(-c2nn(-c3ccccc3)cc2/C=C2/C(=O)N(C(C)c3ccccc3)C(=O)C(C#N)=C2C)cc1. The van der Waals surface area contributed by atoms with Crippen LogP contribution in [0.25, 0.3) is 23.0 Å². The maximum absolute atomic E-state index is 14.0. The van der Waals surface area contributed by atoms with Crippen LogP contribution in [-0.2, 0) is 9.59 Å². The zero-order valence-corrected chi connectivity index (χ0v) is 24.1. The molecule has 41 heavy (non-hydrogen) atoms. The normalized spacial score (nSPS) is 15.4. The standard InChI is InChI=1S/C34H30N4O2S/c1-4-19-41-29-17-15-26(16-18-29)32-27(22-37(36-32)28-13-9-6-10-14-28)20-30-23(2)31(21-35)34(40)38(33(30)39)24(3)25-11-7-5-8-12-25/h5-18,20,22,24H,4,19H2,1-3H3/b30-20+. The molecule has 0 aliphatic carbocycles. The van der Waals surface area contributed by atoms with E-state index in [1.165, 1.54) is 9.80 Å². The summed E-state index contributed by atoms with van der Waals surface area (Å²) < 4.78 is 1.79. The highest BCUT2D eigenvalue weighted by Crippen LogP contribution is 2.35. The van der Waals surface area contributed by atoms with E-state index < -0.39 is 17.9 Å². The maximum Gasteiger partial charge on any atom is 0.272 e. The van der Waals surface area contributed by atoms with E-state index in [1.54, 1.807) is 24.6 Å². The molecule has 1 aliphatic rings. The van der Waals surface area contributed by atoms with Crippen molar-refractivity contribution in [2.75, 3.05) is 5.75 Å². The van der Waals surface area contributed by atoms with E-state index in [0.29, 0.717) is 22.4 Å². The lowest BCUT2D eigenvalue weighted by atomic mass is 9.91. The van der Waals surface area contributed by atoms with Crippen LogP contribution in [0.15, 0.2) is 113 Å². The fourth-order valence-corrected chi connectivity index (χ4v) is 5.62. The number of hydrogen-bond acceptors (Lipinski definition) is 5. The molecule has 1 aliphatic heterocycles. The number of amides is 2. The van der Waals surface area contributed by atoms with Gasteiger partial charge in [0.1, 0.15) is 11.6 Å². The molecule has 6 nitrogen and oxygen atoms in total. The second-order valence-electron chi connectivity index (χ2n) is 9.82. The molecule has 0 N–H and O–H groups in total. The van der Waals surface area contributed by atoms with Crippen molar-refractivity contribution >= 4 is 29.7 Å². The number of hydrogen-bond donors (Lipinski definition) is 0. The van der Waals surface area contributed by atoms with Crippen LogP contribution in [0.2, 0.25) is 0 Å². The van der Waals surface area contributed by atoms with Gasteiger partial charge in [-0.05, 0) is 67.5 Å². The Morgan fingerprint density at radius 3 is 2.24 bits per heavy atom. The molecule has 1 unspecified atom stereocenters. The first-order chi connectivity index (χ1) is 19.9. The number of imide groups is 1. The molecule has 4 aromatic rings. The first-order valence-corrected chi connectivity index (χ1v) is 14.6. The summed E-state index contributed by atoms with van der Waals surface area (Å²) in [5.41, 5.74) is 4.64. The maximum atomic E-state index is 14.0. The van der Waals surface area contributed by atoms with Crippen molar-refractivity contribution in [2.24, 2.45) is 0 Å². The number of aromatic nitrogens is 2. The highest BCUT2D eigenvalue weighted by atomic mass is 32.2. The number of nitrogens with zero attached hydrogens (tertiary/aromatic N) is 4. The average molecular weight is 559 g/mol. The number of benzene rings is 3. The zero-order valence-electron chi connectivity index (χ0n) is 23.2. The summed E-state index contributed by atoms with van der Waals surface area (Å²) in [4.78, 5) is 29.7. The molecule has 1 aromatic heterocycles. The molecule has 2 heterocycles. The summed E-state index contributed by atoms with van der Waals surface area (Å²) in [7, 11) is 0. The lowest BCUT2D eigenvalue weighted by Gasteiger charge is -2.32. The third-order valence-electron chi connectivity index (χ3n) is 7.11. The number of nitriles is 1. The van der Waals surface area contributed by atoms with Crippen LogP contribution in [0, 0.1) is 11.3 Å². The molecule has 0 radical (unpaired) electrons. The first kappa shape index (κ1) is 27.9. The van der Waals surface area contributed by atoms with Crippen molar-refractivity contribution in [1.82, 2.24) is 14.7 Å². The first-order valence-electron chi connectivity index (χ1n) is 13.6. The van der Waals surface area contributed by atoms with Crippen molar-refractivity contribution in [3.8, 4) is 23.0 Å². The topological polar surface area (TPSA) is 79.0 Å². The molecule has 0 bridgehead atoms. The average Bonchev–Trinajstić information content (AvgIpc) is 3.43. The Morgan fingerprint density at radius 1 is 0.951 bits per heavy atom. The Labute approximate surface area is 244 Å². The highest BCUT2D eigenvalue weighted by Gasteiger charge is 2.38. The Balaban J connectivity index is 1.63. The lowest BCUT2D eigenvalue weighted by Crippen LogP contribution is -2.44. The van der Waals surface area contributed by atoms with E-state index in [0.717, 1.165) is 29.0 Å². The Morgan fingerprint density at radius 2 is 1.61 bits per heavy atom. The third-order valence-corrected chi connectivity index (χ3v) is 8.32. The molecular formula is C34H30N4O2S. The molecule has 3 aromatic carbocycles. The molecule has 0 saturated carbocycles. The Kier molecular flexibility index (Phi) is 8.32. The quantitative estimate of drug-likeness (QED) is 0.128. The van der Waals surface area contributed by atoms with E-state index in [1.807, 2.05) is 96.8 Å². The van der Waals surface area contributed by atoms with E-state index in [2.05, 4.69) is 19.1 Å². The molecular weight excluding hydrogens is 528 g/mol. The van der Waals surface area contributed by atoms with Crippen LogP contribution in [0.5, 0.6) is 0 Å². The second-order valence-corrected chi connectivity index (χ2v) is 11.0. The van der Waals surface area contributed by atoms with Crippen molar-refractivity contribution in [3.63, 3.8) is 0 Å². The number of rotatable bonds is 8. The van der Waals surface area contributed by atoms with Crippen LogP contribution in [0.3, 0.4) is 0 Å². The van der Waals surface area contributed by atoms with Crippen molar-refractivity contribution < 1.29 is 9.59 Å². The van der Waals surface area contributed by atoms with E-state index in [-0.39, 0.29) is 5.57 Å². The summed E-state index contributed by atoms with van der Waals surface area (Å²) >= 11 is 1.81. The third kappa shape index (κ3) is 5.65. The lowest BCUT2D eigenvalue weighted by molar-refractivity contribution is -0.143. The fourth-order valence-electron chi connectivity index (χ4n) is 4.85.